The fourth-order valence-electron chi connectivity index (χ4n) is 0.711. The Balaban J connectivity index is -0.000000405. The predicted molar refractivity (Wildman–Crippen MR) is 41.7 cm³/mol. The third-order valence-corrected chi connectivity index (χ3v) is 2.06. The minimum Gasteiger partial charge on any atom is -1.00 e. The largest absolute Gasteiger partial charge is 1.00 e. The number of hydrogen-bond donors (Lipinski definition) is 1. The molecule has 0 fully saturated rings. The van der Waals surface area contributed by atoms with E-state index in [1.54, 1.807) is 0 Å². The van der Waals surface area contributed by atoms with Gasteiger partial charge in [0.15, 0.2) is 0 Å². The summed E-state index contributed by atoms with van der Waals surface area (Å²) in [5.74, 6) is -0.0903. The summed E-state index contributed by atoms with van der Waals surface area (Å²) < 4.78 is 28.6. The van der Waals surface area contributed by atoms with Gasteiger partial charge in [-0.3, -0.25) is 4.55 Å². The Kier molecular flexibility index (Phi) is 11.5. The second-order valence-corrected chi connectivity index (χ2v) is 3.92. The Hall–Kier alpha value is 1.72. The Labute approximate surface area is 119 Å². The van der Waals surface area contributed by atoms with E-state index in [4.69, 9.17) is 4.55 Å². The van der Waals surface area contributed by atoms with Gasteiger partial charge in [-0.15, -0.1) is 0 Å². The summed E-state index contributed by atoms with van der Waals surface area (Å²) in [6.07, 6.45) is 3.57. The molecule has 0 atom stereocenters. The van der Waals surface area contributed by atoms with Gasteiger partial charge in [-0.1, -0.05) is 26.2 Å². The van der Waals surface area contributed by atoms with Gasteiger partial charge in [0.25, 0.3) is 10.1 Å². The van der Waals surface area contributed by atoms with E-state index >= 15 is 0 Å². The number of rotatable bonds is 5. The van der Waals surface area contributed by atoms with Gasteiger partial charge < -0.3 is 1.43 Å². The molecule has 11 heavy (non-hydrogen) atoms. The molecule has 64 valence electrons. The fraction of sp³-hybridized carbons (Fsp3) is 1.00. The van der Waals surface area contributed by atoms with Crippen LogP contribution in [0.15, 0.2) is 0 Å². The Morgan fingerprint density at radius 1 is 1.27 bits per heavy atom. The molecule has 3 nitrogen and oxygen atoms in total. The van der Waals surface area contributed by atoms with Crippen molar-refractivity contribution < 1.29 is 72.6 Å². The zero-order valence-corrected chi connectivity index (χ0v) is 12.9. The average Bonchev–Trinajstić information content (AvgIpc) is 1.78. The Morgan fingerprint density at radius 3 is 2.18 bits per heavy atom. The van der Waals surface area contributed by atoms with Crippen molar-refractivity contribution in [1.29, 1.82) is 0 Å². The molecule has 0 aromatic rings. The summed E-state index contributed by atoms with van der Waals surface area (Å²) in [4.78, 5) is 0. The first kappa shape index (κ1) is 15.2. The summed E-state index contributed by atoms with van der Waals surface area (Å²) in [7, 11) is -3.70. The molecule has 0 aliphatic rings. The fourth-order valence-corrected chi connectivity index (χ4v) is 1.28. The van der Waals surface area contributed by atoms with Gasteiger partial charge >= 0.3 is 58.2 Å². The molecule has 0 rings (SSSR count). The molecule has 0 spiro atoms. The van der Waals surface area contributed by atoms with Gasteiger partial charge in [-0.2, -0.15) is 8.42 Å². The second kappa shape index (κ2) is 8.32. The van der Waals surface area contributed by atoms with Crippen molar-refractivity contribution in [2.45, 2.75) is 32.6 Å². The minimum atomic E-state index is -3.70. The van der Waals surface area contributed by atoms with Crippen LogP contribution in [0.2, 0.25) is 0 Å². The van der Waals surface area contributed by atoms with Gasteiger partial charge in [-0.05, 0) is 6.42 Å². The van der Waals surface area contributed by atoms with E-state index in [9.17, 15) is 8.42 Å². The first-order valence-corrected chi connectivity index (χ1v) is 5.12. The zero-order chi connectivity index (χ0) is 8.04. The van der Waals surface area contributed by atoms with Crippen LogP contribution in [0.3, 0.4) is 0 Å². The van der Waals surface area contributed by atoms with Crippen molar-refractivity contribution >= 4 is 10.1 Å². The van der Waals surface area contributed by atoms with Crippen LogP contribution < -0.4 is 58.2 Å². The van der Waals surface area contributed by atoms with E-state index < -0.39 is 10.1 Å². The third-order valence-electron chi connectivity index (χ3n) is 1.26. The molecule has 0 aromatic carbocycles. The van der Waals surface area contributed by atoms with Crippen molar-refractivity contribution in [3.05, 3.63) is 0 Å². The van der Waals surface area contributed by atoms with Gasteiger partial charge in [0.2, 0.25) is 0 Å². The van der Waals surface area contributed by atoms with Gasteiger partial charge in [0, 0.05) is 0 Å². The molecule has 0 unspecified atom stereocenters. The van der Waals surface area contributed by atoms with Crippen molar-refractivity contribution in [2.75, 3.05) is 5.75 Å². The smallest absolute Gasteiger partial charge is 1.00 e. The van der Waals surface area contributed by atoms with Crippen LogP contribution in [0.25, 0.3) is 0 Å². The molecule has 0 bridgehead atoms. The van der Waals surface area contributed by atoms with Crippen molar-refractivity contribution in [3.8, 4) is 0 Å². The van der Waals surface area contributed by atoms with Gasteiger partial charge in [-0.25, -0.2) is 0 Å². The summed E-state index contributed by atoms with van der Waals surface area (Å²) in [6.45, 7) is 2.05. The molecule has 0 heterocycles. The molecule has 0 saturated carbocycles. The maximum Gasteiger partial charge on any atom is 1.00 e. The molecular formula is C6H15O3RbS. The van der Waals surface area contributed by atoms with Crippen molar-refractivity contribution in [2.24, 2.45) is 0 Å². The van der Waals surface area contributed by atoms with E-state index in [1.807, 2.05) is 6.92 Å². The molecule has 0 saturated heterocycles. The number of unbranched alkanes of at least 4 members (excludes halogenated alkanes) is 3. The van der Waals surface area contributed by atoms with E-state index in [0.717, 1.165) is 19.3 Å². The van der Waals surface area contributed by atoms with E-state index in [0.29, 0.717) is 6.42 Å². The standard InChI is InChI=1S/C6H14O3S.Rb.H/c1-2-3-4-5-6-10(7,8)9;;/h2-6H2,1H3,(H,7,8,9);;/q;+1;-1. The molecule has 0 aliphatic carbocycles. The molecule has 0 radical (unpaired) electrons. The van der Waals surface area contributed by atoms with Gasteiger partial charge in [0.05, 0.1) is 5.75 Å². The topological polar surface area (TPSA) is 54.4 Å². The Morgan fingerprint density at radius 2 is 1.82 bits per heavy atom. The SMILES string of the molecule is CCCCCCS(=O)(=O)O.[H-].[Rb+]. The van der Waals surface area contributed by atoms with Crippen LogP contribution in [0, 0.1) is 0 Å². The summed E-state index contributed by atoms with van der Waals surface area (Å²) in [5, 5.41) is 0. The Bertz CT molecular complexity index is 170. The van der Waals surface area contributed by atoms with Crippen LogP contribution in [0.5, 0.6) is 0 Å². The summed E-state index contributed by atoms with van der Waals surface area (Å²) >= 11 is 0. The summed E-state index contributed by atoms with van der Waals surface area (Å²) in [6, 6.07) is 0. The summed E-state index contributed by atoms with van der Waals surface area (Å²) in [5.41, 5.74) is 0. The van der Waals surface area contributed by atoms with Crippen molar-refractivity contribution in [3.63, 3.8) is 0 Å². The molecule has 5 heteroatoms. The van der Waals surface area contributed by atoms with Crippen LogP contribution in [0.4, 0.5) is 0 Å². The quantitative estimate of drug-likeness (QED) is 0.482. The maximum atomic E-state index is 10.1. The van der Waals surface area contributed by atoms with E-state index in [1.165, 1.54) is 0 Å². The zero-order valence-electron chi connectivity index (χ0n) is 8.21. The molecule has 0 aromatic heterocycles. The third kappa shape index (κ3) is 14.6. The van der Waals surface area contributed by atoms with Crippen LogP contribution in [-0.4, -0.2) is 18.7 Å². The van der Waals surface area contributed by atoms with E-state index in [-0.39, 0.29) is 65.4 Å². The van der Waals surface area contributed by atoms with Crippen molar-refractivity contribution in [1.82, 2.24) is 0 Å². The molecule has 0 aliphatic heterocycles. The van der Waals surface area contributed by atoms with Crippen LogP contribution in [-0.2, 0) is 10.1 Å². The monoisotopic (exact) mass is 252 g/mol. The molecule has 1 N–H and O–H groups in total. The number of hydrogen-bond acceptors (Lipinski definition) is 2. The molecule has 0 amide bonds. The first-order valence-electron chi connectivity index (χ1n) is 3.51. The maximum absolute atomic E-state index is 10.1. The average molecular weight is 253 g/mol. The van der Waals surface area contributed by atoms with Crippen LogP contribution >= 0.6 is 0 Å². The predicted octanol–water partition coefficient (Wildman–Crippen LogP) is -1.43. The van der Waals surface area contributed by atoms with Crippen LogP contribution in [0.1, 0.15) is 34.0 Å². The molecular weight excluding hydrogens is 238 g/mol. The second-order valence-electron chi connectivity index (χ2n) is 2.35. The first-order chi connectivity index (χ1) is 4.56. The normalized spacial score (nSPS) is 10.7. The van der Waals surface area contributed by atoms with Gasteiger partial charge in [0.1, 0.15) is 0 Å². The van der Waals surface area contributed by atoms with E-state index in [2.05, 4.69) is 0 Å². The minimum absolute atomic E-state index is 0.